The van der Waals surface area contributed by atoms with E-state index in [1.807, 2.05) is 26.0 Å². The van der Waals surface area contributed by atoms with Crippen LogP contribution in [0.3, 0.4) is 0 Å². The Bertz CT molecular complexity index is 702. The first kappa shape index (κ1) is 16.7. The van der Waals surface area contributed by atoms with Gasteiger partial charge >= 0.3 is 0 Å². The van der Waals surface area contributed by atoms with Crippen molar-refractivity contribution in [3.63, 3.8) is 0 Å². The maximum atomic E-state index is 12.4. The van der Waals surface area contributed by atoms with Gasteiger partial charge in [-0.2, -0.15) is 0 Å². The summed E-state index contributed by atoms with van der Waals surface area (Å²) < 4.78 is 5.23. The third kappa shape index (κ3) is 3.77. The van der Waals surface area contributed by atoms with Gasteiger partial charge in [0.1, 0.15) is 5.56 Å². The molecule has 23 heavy (non-hydrogen) atoms. The summed E-state index contributed by atoms with van der Waals surface area (Å²) in [7, 11) is 1.59. The van der Waals surface area contributed by atoms with E-state index in [4.69, 9.17) is 4.52 Å². The average molecular weight is 315 g/mol. The van der Waals surface area contributed by atoms with Crippen LogP contribution < -0.4 is 10.6 Å². The van der Waals surface area contributed by atoms with Gasteiger partial charge in [0.15, 0.2) is 5.76 Å². The van der Waals surface area contributed by atoms with Crippen molar-refractivity contribution in [1.82, 2.24) is 15.8 Å². The molecule has 0 fully saturated rings. The molecule has 0 spiro atoms. The van der Waals surface area contributed by atoms with Gasteiger partial charge in [0.25, 0.3) is 11.8 Å². The van der Waals surface area contributed by atoms with Gasteiger partial charge in [-0.15, -0.1) is 0 Å². The number of hydrogen-bond donors (Lipinski definition) is 2. The minimum absolute atomic E-state index is 0.0868. The number of rotatable bonds is 5. The minimum atomic E-state index is -0.206. The molecular weight excluding hydrogens is 294 g/mol. The first-order chi connectivity index (χ1) is 10.9. The molecule has 2 rings (SSSR count). The van der Waals surface area contributed by atoms with Crippen LogP contribution in [0.1, 0.15) is 57.5 Å². The number of amides is 2. The van der Waals surface area contributed by atoms with E-state index in [2.05, 4.69) is 15.8 Å². The smallest absolute Gasteiger partial charge is 0.257 e. The van der Waals surface area contributed by atoms with E-state index < -0.39 is 0 Å². The standard InChI is InChI=1S/C17H21N3O3/c1-10(2)15-14(11(3)20-23-15)17(22)19-9-12-5-7-13(8-6-12)16(21)18-4/h5-8,10H,9H2,1-4H3,(H,18,21)(H,19,22). The maximum Gasteiger partial charge on any atom is 0.257 e. The number of aryl methyl sites for hydroxylation is 1. The molecule has 0 aliphatic rings. The molecule has 0 saturated carbocycles. The van der Waals surface area contributed by atoms with Crippen LogP contribution in [-0.4, -0.2) is 24.0 Å². The van der Waals surface area contributed by atoms with Crippen molar-refractivity contribution in [3.8, 4) is 0 Å². The van der Waals surface area contributed by atoms with E-state index in [-0.39, 0.29) is 17.7 Å². The summed E-state index contributed by atoms with van der Waals surface area (Å²) in [6.45, 7) is 6.03. The predicted octanol–water partition coefficient (Wildman–Crippen LogP) is 2.40. The van der Waals surface area contributed by atoms with E-state index in [1.54, 1.807) is 26.1 Å². The molecule has 2 aromatic rings. The SMILES string of the molecule is CNC(=O)c1ccc(CNC(=O)c2c(C)noc2C(C)C)cc1. The second-order valence-corrected chi connectivity index (χ2v) is 5.62. The predicted molar refractivity (Wildman–Crippen MR) is 86.3 cm³/mol. The molecule has 0 atom stereocenters. The monoisotopic (exact) mass is 315 g/mol. The summed E-state index contributed by atoms with van der Waals surface area (Å²) in [5, 5.41) is 9.30. The van der Waals surface area contributed by atoms with Crippen LogP contribution in [0.4, 0.5) is 0 Å². The van der Waals surface area contributed by atoms with Crippen molar-refractivity contribution in [2.75, 3.05) is 7.05 Å². The van der Waals surface area contributed by atoms with Crippen LogP contribution in [0.2, 0.25) is 0 Å². The Morgan fingerprint density at radius 2 is 1.83 bits per heavy atom. The molecule has 0 bridgehead atoms. The number of nitrogens with zero attached hydrogens (tertiary/aromatic N) is 1. The average Bonchev–Trinajstić information content (AvgIpc) is 2.94. The largest absolute Gasteiger partial charge is 0.360 e. The highest BCUT2D eigenvalue weighted by Gasteiger charge is 2.22. The lowest BCUT2D eigenvalue weighted by Gasteiger charge is -2.08. The summed E-state index contributed by atoms with van der Waals surface area (Å²) in [6, 6.07) is 7.08. The van der Waals surface area contributed by atoms with Crippen LogP contribution in [0.15, 0.2) is 28.8 Å². The molecule has 1 heterocycles. The Kier molecular flexibility index (Phi) is 5.16. The molecule has 0 saturated heterocycles. The van der Waals surface area contributed by atoms with Gasteiger partial charge in [0.05, 0.1) is 5.69 Å². The molecule has 6 heteroatoms. The number of nitrogens with one attached hydrogen (secondary N) is 2. The Balaban J connectivity index is 2.05. The van der Waals surface area contributed by atoms with Crippen molar-refractivity contribution in [3.05, 3.63) is 52.4 Å². The number of carbonyl (C=O) groups is 2. The molecular formula is C17H21N3O3. The Morgan fingerprint density at radius 3 is 2.39 bits per heavy atom. The van der Waals surface area contributed by atoms with Crippen LogP contribution >= 0.6 is 0 Å². The summed E-state index contributed by atoms with van der Waals surface area (Å²) in [6.07, 6.45) is 0. The lowest BCUT2D eigenvalue weighted by molar-refractivity contribution is 0.0943. The Morgan fingerprint density at radius 1 is 1.17 bits per heavy atom. The number of hydrogen-bond acceptors (Lipinski definition) is 4. The zero-order chi connectivity index (χ0) is 17.0. The van der Waals surface area contributed by atoms with Gasteiger partial charge in [-0.3, -0.25) is 9.59 Å². The normalized spacial score (nSPS) is 10.7. The van der Waals surface area contributed by atoms with Gasteiger partial charge in [-0.1, -0.05) is 31.1 Å². The zero-order valence-corrected chi connectivity index (χ0v) is 13.8. The van der Waals surface area contributed by atoms with Crippen LogP contribution in [-0.2, 0) is 6.54 Å². The third-order valence-electron chi connectivity index (χ3n) is 3.54. The molecule has 0 aliphatic carbocycles. The fourth-order valence-corrected chi connectivity index (χ4v) is 2.25. The van der Waals surface area contributed by atoms with Gasteiger partial charge in [0, 0.05) is 25.1 Å². The molecule has 0 radical (unpaired) electrons. The van der Waals surface area contributed by atoms with Crippen LogP contribution in [0, 0.1) is 6.92 Å². The first-order valence-corrected chi connectivity index (χ1v) is 7.49. The van der Waals surface area contributed by atoms with Gasteiger partial charge in [0.2, 0.25) is 0 Å². The number of benzene rings is 1. The fraction of sp³-hybridized carbons (Fsp3) is 0.353. The van der Waals surface area contributed by atoms with Crippen LogP contribution in [0.25, 0.3) is 0 Å². The molecule has 6 nitrogen and oxygen atoms in total. The highest BCUT2D eigenvalue weighted by Crippen LogP contribution is 2.22. The molecule has 2 amide bonds. The lowest BCUT2D eigenvalue weighted by atomic mass is 10.0. The Hall–Kier alpha value is -2.63. The lowest BCUT2D eigenvalue weighted by Crippen LogP contribution is -2.24. The van der Waals surface area contributed by atoms with E-state index in [0.717, 1.165) is 5.56 Å². The highest BCUT2D eigenvalue weighted by molar-refractivity contribution is 5.96. The number of aromatic nitrogens is 1. The summed E-state index contributed by atoms with van der Waals surface area (Å²) >= 11 is 0. The topological polar surface area (TPSA) is 84.2 Å². The summed E-state index contributed by atoms with van der Waals surface area (Å²) in [5.41, 5.74) is 2.58. The van der Waals surface area contributed by atoms with Crippen molar-refractivity contribution < 1.29 is 14.1 Å². The number of carbonyl (C=O) groups excluding carboxylic acids is 2. The molecule has 1 aromatic carbocycles. The highest BCUT2D eigenvalue weighted by atomic mass is 16.5. The van der Waals surface area contributed by atoms with Crippen LogP contribution in [0.5, 0.6) is 0 Å². The van der Waals surface area contributed by atoms with Crippen molar-refractivity contribution >= 4 is 11.8 Å². The quantitative estimate of drug-likeness (QED) is 0.887. The molecule has 2 N–H and O–H groups in total. The van der Waals surface area contributed by atoms with E-state index in [0.29, 0.717) is 29.1 Å². The van der Waals surface area contributed by atoms with Gasteiger partial charge < -0.3 is 15.2 Å². The molecule has 122 valence electrons. The summed E-state index contributed by atoms with van der Waals surface area (Å²) in [5.74, 6) is 0.337. The van der Waals surface area contributed by atoms with E-state index in [9.17, 15) is 9.59 Å². The third-order valence-corrected chi connectivity index (χ3v) is 3.54. The van der Waals surface area contributed by atoms with Gasteiger partial charge in [-0.25, -0.2) is 0 Å². The maximum absolute atomic E-state index is 12.4. The second kappa shape index (κ2) is 7.09. The van der Waals surface area contributed by atoms with E-state index in [1.165, 1.54) is 0 Å². The zero-order valence-electron chi connectivity index (χ0n) is 13.8. The van der Waals surface area contributed by atoms with Crippen molar-refractivity contribution in [2.45, 2.75) is 33.2 Å². The summed E-state index contributed by atoms with van der Waals surface area (Å²) in [4.78, 5) is 23.9. The first-order valence-electron chi connectivity index (χ1n) is 7.49. The molecule has 0 unspecified atom stereocenters. The second-order valence-electron chi connectivity index (χ2n) is 5.62. The minimum Gasteiger partial charge on any atom is -0.360 e. The Labute approximate surface area is 135 Å². The van der Waals surface area contributed by atoms with Crippen molar-refractivity contribution in [2.24, 2.45) is 0 Å². The fourth-order valence-electron chi connectivity index (χ4n) is 2.25. The molecule has 1 aromatic heterocycles. The molecule has 0 aliphatic heterocycles. The van der Waals surface area contributed by atoms with E-state index >= 15 is 0 Å². The van der Waals surface area contributed by atoms with Gasteiger partial charge in [-0.05, 0) is 24.6 Å². The van der Waals surface area contributed by atoms with Crippen molar-refractivity contribution in [1.29, 1.82) is 0 Å².